The third kappa shape index (κ3) is 2.42. The molecule has 0 radical (unpaired) electrons. The van der Waals surface area contributed by atoms with Crippen LogP contribution in [0.15, 0.2) is 24.3 Å². The maximum absolute atomic E-state index is 11.9. The first-order valence-corrected chi connectivity index (χ1v) is 5.64. The van der Waals surface area contributed by atoms with Gasteiger partial charge in [-0.05, 0) is 30.7 Å². The molecule has 5 heteroatoms. The fourth-order valence-corrected chi connectivity index (χ4v) is 1.91. The minimum absolute atomic E-state index is 0.153. The molecule has 90 valence electrons. The SMILES string of the molecule is CN(C(=O)[C@H]1C[C@H]1C(=O)O)c1ccc(Cl)cc1. The van der Waals surface area contributed by atoms with E-state index in [0.717, 1.165) is 5.69 Å². The Kier molecular flexibility index (Phi) is 3.07. The minimum atomic E-state index is -0.896. The van der Waals surface area contributed by atoms with Crippen LogP contribution in [-0.2, 0) is 9.59 Å². The summed E-state index contributed by atoms with van der Waals surface area (Å²) in [5.41, 5.74) is 0.718. The summed E-state index contributed by atoms with van der Waals surface area (Å²) in [6.07, 6.45) is 0.437. The summed E-state index contributed by atoms with van der Waals surface area (Å²) < 4.78 is 0. The number of benzene rings is 1. The first-order chi connectivity index (χ1) is 8.00. The topological polar surface area (TPSA) is 57.6 Å². The molecule has 0 heterocycles. The predicted octanol–water partition coefficient (Wildman–Crippen LogP) is 2.02. The zero-order valence-corrected chi connectivity index (χ0v) is 10.0. The Bertz CT molecular complexity index is 457. The zero-order chi connectivity index (χ0) is 12.6. The summed E-state index contributed by atoms with van der Waals surface area (Å²) in [4.78, 5) is 24.1. The monoisotopic (exact) mass is 253 g/mol. The highest BCUT2D eigenvalue weighted by Crippen LogP contribution is 2.40. The van der Waals surface area contributed by atoms with Crippen molar-refractivity contribution in [1.29, 1.82) is 0 Å². The van der Waals surface area contributed by atoms with E-state index in [9.17, 15) is 9.59 Å². The van der Waals surface area contributed by atoms with E-state index < -0.39 is 11.9 Å². The van der Waals surface area contributed by atoms with Gasteiger partial charge in [-0.15, -0.1) is 0 Å². The van der Waals surface area contributed by atoms with Crippen molar-refractivity contribution < 1.29 is 14.7 Å². The standard InChI is InChI=1S/C12H12ClNO3/c1-14(8-4-2-7(13)3-5-8)11(15)9-6-10(9)12(16)17/h2-5,9-10H,6H2,1H3,(H,16,17)/t9-,10+/m0/s1. The molecule has 0 saturated heterocycles. The van der Waals surface area contributed by atoms with Crippen molar-refractivity contribution in [1.82, 2.24) is 0 Å². The van der Waals surface area contributed by atoms with E-state index in [2.05, 4.69) is 0 Å². The Morgan fingerprint density at radius 2 is 1.88 bits per heavy atom. The van der Waals surface area contributed by atoms with Crippen LogP contribution in [0.25, 0.3) is 0 Å². The summed E-state index contributed by atoms with van der Waals surface area (Å²) in [5, 5.41) is 9.37. The van der Waals surface area contributed by atoms with E-state index >= 15 is 0 Å². The van der Waals surface area contributed by atoms with Gasteiger partial charge in [0.1, 0.15) is 0 Å². The lowest BCUT2D eigenvalue weighted by molar-refractivity contribution is -0.139. The second-order valence-electron chi connectivity index (χ2n) is 4.16. The Labute approximate surface area is 104 Å². The summed E-state index contributed by atoms with van der Waals surface area (Å²) in [7, 11) is 1.64. The van der Waals surface area contributed by atoms with E-state index in [1.807, 2.05) is 0 Å². The quantitative estimate of drug-likeness (QED) is 0.897. The number of halogens is 1. The molecule has 17 heavy (non-hydrogen) atoms. The number of nitrogens with zero attached hydrogens (tertiary/aromatic N) is 1. The van der Waals surface area contributed by atoms with Crippen LogP contribution < -0.4 is 4.90 Å². The van der Waals surface area contributed by atoms with Crippen LogP contribution in [0.1, 0.15) is 6.42 Å². The summed E-state index contributed by atoms with van der Waals surface area (Å²) in [6.45, 7) is 0. The number of hydrogen-bond donors (Lipinski definition) is 1. The van der Waals surface area contributed by atoms with Crippen molar-refractivity contribution in [2.24, 2.45) is 11.8 Å². The van der Waals surface area contributed by atoms with Crippen molar-refractivity contribution in [2.75, 3.05) is 11.9 Å². The van der Waals surface area contributed by atoms with Crippen LogP contribution in [0.4, 0.5) is 5.69 Å². The van der Waals surface area contributed by atoms with Crippen molar-refractivity contribution in [3.05, 3.63) is 29.3 Å². The molecule has 0 spiro atoms. The predicted molar refractivity (Wildman–Crippen MR) is 64.1 cm³/mol. The van der Waals surface area contributed by atoms with Crippen LogP contribution in [0, 0.1) is 11.8 Å². The average Bonchev–Trinajstić information content (AvgIpc) is 3.08. The number of hydrogen-bond acceptors (Lipinski definition) is 2. The lowest BCUT2D eigenvalue weighted by atomic mass is 10.2. The smallest absolute Gasteiger partial charge is 0.307 e. The second-order valence-corrected chi connectivity index (χ2v) is 4.60. The van der Waals surface area contributed by atoms with Gasteiger partial charge in [0.05, 0.1) is 11.8 Å². The van der Waals surface area contributed by atoms with Gasteiger partial charge in [-0.25, -0.2) is 0 Å². The molecular weight excluding hydrogens is 242 g/mol. The van der Waals surface area contributed by atoms with Gasteiger partial charge < -0.3 is 10.0 Å². The van der Waals surface area contributed by atoms with Crippen LogP contribution >= 0.6 is 11.6 Å². The molecule has 4 nitrogen and oxygen atoms in total. The number of carbonyl (C=O) groups excluding carboxylic acids is 1. The summed E-state index contributed by atoms with van der Waals surface area (Å²) in [6, 6.07) is 6.86. The molecule has 0 aromatic heterocycles. The first kappa shape index (κ1) is 11.9. The third-order valence-corrected chi connectivity index (χ3v) is 3.22. The number of amides is 1. The average molecular weight is 254 g/mol. The molecule has 1 aliphatic carbocycles. The van der Waals surface area contributed by atoms with Gasteiger partial charge in [-0.1, -0.05) is 11.6 Å². The number of carboxylic acids is 1. The maximum Gasteiger partial charge on any atom is 0.307 e. The lowest BCUT2D eigenvalue weighted by Crippen LogP contribution is -2.28. The van der Waals surface area contributed by atoms with Gasteiger partial charge in [0, 0.05) is 17.8 Å². The normalized spacial score (nSPS) is 22.0. The Morgan fingerprint density at radius 1 is 1.29 bits per heavy atom. The zero-order valence-electron chi connectivity index (χ0n) is 9.26. The van der Waals surface area contributed by atoms with Crippen LogP contribution in [0.3, 0.4) is 0 Å². The highest BCUT2D eigenvalue weighted by molar-refractivity contribution is 6.30. The molecule has 1 fully saturated rings. The van der Waals surface area contributed by atoms with E-state index in [4.69, 9.17) is 16.7 Å². The molecule has 0 aliphatic heterocycles. The van der Waals surface area contributed by atoms with E-state index in [0.29, 0.717) is 11.4 Å². The van der Waals surface area contributed by atoms with Crippen LogP contribution in [0.2, 0.25) is 5.02 Å². The summed E-state index contributed by atoms with van der Waals surface area (Å²) >= 11 is 5.75. The second kappa shape index (κ2) is 4.37. The molecule has 1 saturated carbocycles. The van der Waals surface area contributed by atoms with E-state index in [-0.39, 0.29) is 11.8 Å². The minimum Gasteiger partial charge on any atom is -0.481 e. The van der Waals surface area contributed by atoms with Gasteiger partial charge in [-0.3, -0.25) is 9.59 Å². The number of carboxylic acid groups (broad SMARTS) is 1. The number of rotatable bonds is 3. The Morgan fingerprint density at radius 3 is 2.35 bits per heavy atom. The van der Waals surface area contributed by atoms with Gasteiger partial charge in [0.15, 0.2) is 0 Å². The molecule has 1 N–H and O–H groups in total. The van der Waals surface area contributed by atoms with Crippen molar-refractivity contribution in [3.63, 3.8) is 0 Å². The molecule has 1 aromatic carbocycles. The highest BCUT2D eigenvalue weighted by Gasteiger charge is 2.49. The van der Waals surface area contributed by atoms with Gasteiger partial charge in [0.25, 0.3) is 0 Å². The molecule has 2 atom stereocenters. The van der Waals surface area contributed by atoms with E-state index in [1.165, 1.54) is 4.90 Å². The fraction of sp³-hybridized carbons (Fsp3) is 0.333. The van der Waals surface area contributed by atoms with Gasteiger partial charge in [0.2, 0.25) is 5.91 Å². The van der Waals surface area contributed by atoms with E-state index in [1.54, 1.807) is 31.3 Å². The highest BCUT2D eigenvalue weighted by atomic mass is 35.5. The molecule has 1 aromatic rings. The molecule has 2 rings (SSSR count). The lowest BCUT2D eigenvalue weighted by Gasteiger charge is -2.17. The number of carbonyl (C=O) groups is 2. The molecule has 0 bridgehead atoms. The van der Waals surface area contributed by atoms with Crippen molar-refractivity contribution in [3.8, 4) is 0 Å². The third-order valence-electron chi connectivity index (χ3n) is 2.97. The number of anilines is 1. The maximum atomic E-state index is 11.9. The first-order valence-electron chi connectivity index (χ1n) is 5.26. The molecule has 1 aliphatic rings. The fourth-order valence-electron chi connectivity index (χ4n) is 1.78. The molecule has 0 unspecified atom stereocenters. The molecule has 1 amide bonds. The number of aliphatic carboxylic acids is 1. The van der Waals surface area contributed by atoms with Crippen LogP contribution in [0.5, 0.6) is 0 Å². The Balaban J connectivity index is 2.06. The van der Waals surface area contributed by atoms with Crippen LogP contribution in [-0.4, -0.2) is 24.0 Å². The van der Waals surface area contributed by atoms with Gasteiger partial charge in [-0.2, -0.15) is 0 Å². The summed E-state index contributed by atoms with van der Waals surface area (Å²) in [5.74, 6) is -1.95. The van der Waals surface area contributed by atoms with Crippen molar-refractivity contribution in [2.45, 2.75) is 6.42 Å². The molecular formula is C12H12ClNO3. The van der Waals surface area contributed by atoms with Gasteiger partial charge >= 0.3 is 5.97 Å². The Hall–Kier alpha value is -1.55. The van der Waals surface area contributed by atoms with Crippen molar-refractivity contribution >= 4 is 29.2 Å². The largest absolute Gasteiger partial charge is 0.481 e.